The molecular weight excluding hydrogens is 897 g/mol. The molecule has 17 nitrogen and oxygen atoms in total. The second kappa shape index (κ2) is 23.7. The molecule has 0 unspecified atom stereocenters. The quantitative estimate of drug-likeness (QED) is 0.0815. The number of ketones is 2. The fraction of sp³-hybridized carbons (Fsp3) is 0.509. The van der Waals surface area contributed by atoms with E-state index in [1.54, 1.807) is 78.8 Å². The molecule has 2 aliphatic rings. The lowest BCUT2D eigenvalue weighted by Crippen LogP contribution is -2.45. The van der Waals surface area contributed by atoms with Crippen LogP contribution in [0.25, 0.3) is 11.1 Å². The number of carbonyl (C=O) groups is 7. The number of likely N-dealkylation sites (N-methyl/N-ethyl adjacent to an activating group) is 1. The van der Waals surface area contributed by atoms with Crippen LogP contribution in [0.15, 0.2) is 59.7 Å². The molecule has 3 aromatic carbocycles. The van der Waals surface area contributed by atoms with Crippen molar-refractivity contribution in [2.75, 3.05) is 33.4 Å². The van der Waals surface area contributed by atoms with Crippen molar-refractivity contribution in [2.45, 2.75) is 131 Å². The Morgan fingerprint density at radius 1 is 0.814 bits per heavy atom. The number of alkyl carbamates (subject to hydrolysis) is 2. The van der Waals surface area contributed by atoms with Gasteiger partial charge in [-0.1, -0.05) is 49.7 Å². The van der Waals surface area contributed by atoms with E-state index in [-0.39, 0.29) is 63.5 Å². The number of rotatable bonds is 16. The van der Waals surface area contributed by atoms with E-state index in [1.165, 1.54) is 11.9 Å². The lowest BCUT2D eigenvalue weighted by atomic mass is 9.88. The molecule has 0 radical (unpaired) electrons. The van der Waals surface area contributed by atoms with Crippen LogP contribution < -0.4 is 30.8 Å². The average molecular weight is 967 g/mol. The monoisotopic (exact) mass is 967 g/mol. The Hall–Kier alpha value is -6.78. The zero-order valence-electron chi connectivity index (χ0n) is 42.5. The summed E-state index contributed by atoms with van der Waals surface area (Å²) in [7, 11) is 1.50. The molecule has 17 heteroatoms. The van der Waals surface area contributed by atoms with Gasteiger partial charge in [-0.05, 0) is 116 Å². The van der Waals surface area contributed by atoms with E-state index in [0.29, 0.717) is 52.5 Å². The first-order chi connectivity index (χ1) is 32.9. The second-order valence-corrected chi connectivity index (χ2v) is 20.1. The molecule has 5 amide bonds. The number of nitrogens with one attached hydrogen (secondary N) is 4. The van der Waals surface area contributed by atoms with Gasteiger partial charge in [0.2, 0.25) is 17.7 Å². The molecule has 70 heavy (non-hydrogen) atoms. The molecular formula is C53H70N6O11. The molecule has 4 atom stereocenters. The van der Waals surface area contributed by atoms with Crippen molar-refractivity contribution in [3.8, 4) is 22.6 Å². The Kier molecular flexibility index (Phi) is 18.3. The van der Waals surface area contributed by atoms with Crippen LogP contribution in [0.4, 0.5) is 9.59 Å². The number of hydrogen-bond donors (Lipinski definition) is 4. The van der Waals surface area contributed by atoms with Gasteiger partial charge in [-0.15, -0.1) is 0 Å². The van der Waals surface area contributed by atoms with Crippen LogP contribution in [0.1, 0.15) is 126 Å². The average Bonchev–Trinajstić information content (AvgIpc) is 3.71. The Morgan fingerprint density at radius 2 is 1.44 bits per heavy atom. The normalized spacial score (nSPS) is 17.7. The Morgan fingerprint density at radius 3 is 2.06 bits per heavy atom. The van der Waals surface area contributed by atoms with Crippen molar-refractivity contribution in [3.05, 3.63) is 82.4 Å². The molecule has 378 valence electrons. The van der Waals surface area contributed by atoms with Gasteiger partial charge in [-0.2, -0.15) is 5.10 Å². The first kappa shape index (κ1) is 54.2. The Balaban J connectivity index is 1.62. The van der Waals surface area contributed by atoms with Gasteiger partial charge in [-0.25, -0.2) is 15.0 Å². The summed E-state index contributed by atoms with van der Waals surface area (Å²) in [5, 5.41) is 12.7. The minimum absolute atomic E-state index is 0.0112. The van der Waals surface area contributed by atoms with Gasteiger partial charge in [0, 0.05) is 55.0 Å². The molecule has 3 aromatic rings. The molecule has 0 saturated carbocycles. The maximum absolute atomic E-state index is 15.1. The van der Waals surface area contributed by atoms with Gasteiger partial charge in [0.1, 0.15) is 35.3 Å². The zero-order chi connectivity index (χ0) is 51.5. The molecule has 0 aromatic heterocycles. The topological polar surface area (TPSA) is 220 Å². The van der Waals surface area contributed by atoms with Gasteiger partial charge in [-0.3, -0.25) is 24.0 Å². The van der Waals surface area contributed by atoms with E-state index in [4.69, 9.17) is 18.9 Å². The van der Waals surface area contributed by atoms with E-state index in [2.05, 4.69) is 26.5 Å². The molecule has 2 aliphatic heterocycles. The fourth-order valence-electron chi connectivity index (χ4n) is 8.30. The SMILES string of the molecule is CCCOc1ccc2cc1-c1cc(ccc1OCCNC(=O)OC(C)(C)C)C[C@@H](C1=NNC(=O)C1)NC(=O)[C@H](C)CC(=O)[C@H]2N(C)C(=O)[C@H](CCNC(=O)OC(C)(C)C)CC(=O)c1ccc(C)cc1C. The lowest BCUT2D eigenvalue weighted by Gasteiger charge is -2.32. The minimum atomic E-state index is -1.27. The predicted octanol–water partition coefficient (Wildman–Crippen LogP) is 7.48. The van der Waals surface area contributed by atoms with Crippen molar-refractivity contribution < 1.29 is 52.5 Å². The summed E-state index contributed by atoms with van der Waals surface area (Å²) in [4.78, 5) is 97.1. The smallest absolute Gasteiger partial charge is 0.407 e. The molecule has 0 fully saturated rings. The number of hydrazone groups is 1. The summed E-state index contributed by atoms with van der Waals surface area (Å²) >= 11 is 0. The van der Waals surface area contributed by atoms with Crippen molar-refractivity contribution in [2.24, 2.45) is 16.9 Å². The first-order valence-corrected chi connectivity index (χ1v) is 23.9. The highest BCUT2D eigenvalue weighted by atomic mass is 16.6. The summed E-state index contributed by atoms with van der Waals surface area (Å²) in [5.41, 5.74) is 5.82. The van der Waals surface area contributed by atoms with Gasteiger partial charge < -0.3 is 39.8 Å². The number of ether oxygens (including phenoxy) is 4. The number of Topliss-reactive ketones (excluding diaryl/α,β-unsaturated/α-hetero) is 2. The molecule has 2 heterocycles. The summed E-state index contributed by atoms with van der Waals surface area (Å²) in [6.07, 6.45) is -0.901. The number of carbonyl (C=O) groups excluding carboxylic acids is 7. The molecule has 4 N–H and O–H groups in total. The van der Waals surface area contributed by atoms with Crippen molar-refractivity contribution in [3.63, 3.8) is 0 Å². The summed E-state index contributed by atoms with van der Waals surface area (Å²) in [5.74, 6) is -3.08. The number of fused-ring (bicyclic) bond motifs is 5. The first-order valence-electron chi connectivity index (χ1n) is 23.9. The second-order valence-electron chi connectivity index (χ2n) is 20.1. The fourth-order valence-corrected chi connectivity index (χ4v) is 8.30. The number of amides is 5. The maximum atomic E-state index is 15.1. The van der Waals surface area contributed by atoms with E-state index in [0.717, 1.165) is 16.7 Å². The van der Waals surface area contributed by atoms with Crippen molar-refractivity contribution in [1.82, 2.24) is 26.3 Å². The lowest BCUT2D eigenvalue weighted by molar-refractivity contribution is -0.142. The molecule has 5 rings (SSSR count). The number of benzene rings is 3. The zero-order valence-corrected chi connectivity index (χ0v) is 42.5. The third-order valence-corrected chi connectivity index (χ3v) is 11.6. The van der Waals surface area contributed by atoms with Crippen LogP contribution in [-0.4, -0.2) is 103 Å². The Labute approximate surface area is 411 Å². The highest BCUT2D eigenvalue weighted by Gasteiger charge is 2.37. The largest absolute Gasteiger partial charge is 0.493 e. The maximum Gasteiger partial charge on any atom is 0.407 e. The van der Waals surface area contributed by atoms with Gasteiger partial charge in [0.05, 0.1) is 31.3 Å². The van der Waals surface area contributed by atoms with E-state index >= 15 is 4.79 Å². The number of nitrogens with zero attached hydrogens (tertiary/aromatic N) is 2. The molecule has 0 aliphatic carbocycles. The highest BCUT2D eigenvalue weighted by Crippen LogP contribution is 2.41. The third kappa shape index (κ3) is 15.4. The molecule has 4 bridgehead atoms. The van der Waals surface area contributed by atoms with Crippen LogP contribution in [-0.2, 0) is 35.1 Å². The minimum Gasteiger partial charge on any atom is -0.493 e. The predicted molar refractivity (Wildman–Crippen MR) is 265 cm³/mol. The number of hydrogen-bond acceptors (Lipinski definition) is 12. The van der Waals surface area contributed by atoms with Crippen molar-refractivity contribution in [1.29, 1.82) is 0 Å². The van der Waals surface area contributed by atoms with Crippen LogP contribution >= 0.6 is 0 Å². The Bertz CT molecular complexity index is 2470. The van der Waals surface area contributed by atoms with Crippen molar-refractivity contribution >= 4 is 47.2 Å². The van der Waals surface area contributed by atoms with E-state index < -0.39 is 64.9 Å². The number of aryl methyl sites for hydroxylation is 2. The van der Waals surface area contributed by atoms with Gasteiger partial charge >= 0.3 is 12.2 Å². The van der Waals surface area contributed by atoms with Crippen LogP contribution in [0.2, 0.25) is 0 Å². The highest BCUT2D eigenvalue weighted by molar-refractivity contribution is 6.09. The summed E-state index contributed by atoms with van der Waals surface area (Å²) in [6, 6.07) is 14.2. The van der Waals surface area contributed by atoms with Crippen LogP contribution in [0.5, 0.6) is 11.5 Å². The standard InChI is InChI=1S/C53H70N6O11/c1-12-22-67-45-18-15-35-28-39(45)38-26-34(14-17-44(38)68-23-21-55-51(66)70-53(8,9)10)27-40(41-30-46(62)58-57-41)56-48(63)33(4)25-43(61)47(35)59(11)49(64)36(19-20-54-50(65)69-52(5,6)7)29-42(60)37-16-13-31(2)24-32(37)3/h13-18,24,26,28,33,36,40,47H,12,19-23,25,27,29-30H2,1-11H3,(H,54,65)(H,55,66)(H,56,63)(H,58,62)/t33-,36-,40+,47+/m1/s1. The summed E-state index contributed by atoms with van der Waals surface area (Å²) in [6.45, 7) is 18.3. The molecule has 0 spiro atoms. The third-order valence-electron chi connectivity index (χ3n) is 11.6. The van der Waals surface area contributed by atoms with Crippen LogP contribution in [0, 0.1) is 25.7 Å². The van der Waals surface area contributed by atoms with Gasteiger partial charge in [0.15, 0.2) is 11.6 Å². The van der Waals surface area contributed by atoms with Gasteiger partial charge in [0.25, 0.3) is 0 Å². The van der Waals surface area contributed by atoms with E-state index in [9.17, 15) is 28.8 Å². The van der Waals surface area contributed by atoms with Crippen LogP contribution in [0.3, 0.4) is 0 Å². The molecule has 0 saturated heterocycles. The summed E-state index contributed by atoms with van der Waals surface area (Å²) < 4.78 is 23.5. The van der Waals surface area contributed by atoms with E-state index in [1.807, 2.05) is 45.0 Å².